The van der Waals surface area contributed by atoms with Crippen LogP contribution in [0.4, 0.5) is 0 Å². The third-order valence-electron chi connectivity index (χ3n) is 17.2. The van der Waals surface area contributed by atoms with Crippen LogP contribution in [0.5, 0.6) is 0 Å². The van der Waals surface area contributed by atoms with Gasteiger partial charge in [-0.25, -0.2) is 0 Å². The quantitative estimate of drug-likeness (QED) is 0.0320. The van der Waals surface area contributed by atoms with Crippen molar-refractivity contribution < 1.29 is 24.5 Å². The van der Waals surface area contributed by atoms with Crippen LogP contribution < -0.4 is 5.32 Å². The number of allylic oxidation sites excluding steroid dienone is 6. The molecule has 0 rings (SSSR count). The van der Waals surface area contributed by atoms with Gasteiger partial charge in [0.2, 0.25) is 5.91 Å². The molecular formula is C75H143NO5. The molecule has 0 aliphatic heterocycles. The summed E-state index contributed by atoms with van der Waals surface area (Å²) in [4.78, 5) is 24.6. The number of esters is 1. The van der Waals surface area contributed by atoms with Crippen molar-refractivity contribution in [2.45, 2.75) is 418 Å². The second-order valence-corrected chi connectivity index (χ2v) is 25.3. The highest BCUT2D eigenvalue weighted by molar-refractivity contribution is 5.76. The third-order valence-corrected chi connectivity index (χ3v) is 17.2. The number of hydrogen-bond donors (Lipinski definition) is 3. The number of aliphatic hydroxyl groups is 2. The summed E-state index contributed by atoms with van der Waals surface area (Å²) in [5.41, 5.74) is 0. The summed E-state index contributed by atoms with van der Waals surface area (Å²) < 4.78 is 5.50. The molecule has 2 unspecified atom stereocenters. The molecule has 0 aliphatic carbocycles. The van der Waals surface area contributed by atoms with Crippen LogP contribution in [0, 0.1) is 0 Å². The van der Waals surface area contributed by atoms with Crippen LogP contribution in [0.25, 0.3) is 0 Å². The standard InChI is InChI=1S/C75H143NO5/c1-3-5-7-9-11-13-15-17-19-21-37-41-45-49-53-57-61-65-69-75(80)81-70-66-62-58-54-50-46-42-38-35-33-31-29-27-25-23-22-24-26-28-30-32-34-36-40-44-48-52-56-60-64-68-74(79)76-72(71-77)73(78)67-63-59-55-51-47-43-39-20-18-16-14-12-10-8-6-4-2/h13,15,19,21,23,25,72-73,77-78H,3-12,14,16-18,20,22,24,26-71H2,1-2H3,(H,76,79)/b15-13-,21-19-,25-23-. The topological polar surface area (TPSA) is 95.9 Å². The molecule has 6 heteroatoms. The van der Waals surface area contributed by atoms with E-state index in [0.29, 0.717) is 25.9 Å². The molecule has 0 aliphatic rings. The van der Waals surface area contributed by atoms with Crippen LogP contribution in [0.2, 0.25) is 0 Å². The Bertz CT molecular complexity index is 1310. The molecule has 0 aromatic rings. The van der Waals surface area contributed by atoms with E-state index in [4.69, 9.17) is 4.74 Å². The minimum atomic E-state index is -0.663. The van der Waals surface area contributed by atoms with Gasteiger partial charge in [-0.1, -0.05) is 346 Å². The first kappa shape index (κ1) is 79.1. The summed E-state index contributed by atoms with van der Waals surface area (Å²) in [6, 6.07) is -0.541. The molecule has 0 bridgehead atoms. The number of nitrogens with one attached hydrogen (secondary N) is 1. The number of unbranched alkanes of at least 4 members (excludes halogenated alkanes) is 52. The molecule has 0 radical (unpaired) electrons. The Hall–Kier alpha value is -1.92. The summed E-state index contributed by atoms with van der Waals surface area (Å²) in [6.07, 6.45) is 90.6. The number of amides is 1. The van der Waals surface area contributed by atoms with Crippen molar-refractivity contribution in [1.82, 2.24) is 5.32 Å². The Kier molecular flexibility index (Phi) is 68.9. The number of ether oxygens (including phenoxy) is 1. The van der Waals surface area contributed by atoms with Crippen LogP contribution in [0.1, 0.15) is 406 Å². The van der Waals surface area contributed by atoms with E-state index < -0.39 is 12.1 Å². The molecule has 3 N–H and O–H groups in total. The van der Waals surface area contributed by atoms with E-state index in [9.17, 15) is 19.8 Å². The summed E-state index contributed by atoms with van der Waals surface area (Å²) >= 11 is 0. The van der Waals surface area contributed by atoms with E-state index in [1.165, 1.54) is 321 Å². The van der Waals surface area contributed by atoms with Gasteiger partial charge in [-0.05, 0) is 83.5 Å². The number of carbonyl (C=O) groups is 2. The molecule has 0 fully saturated rings. The Morgan fingerprint density at radius 1 is 0.346 bits per heavy atom. The lowest BCUT2D eigenvalue weighted by molar-refractivity contribution is -0.143. The maximum atomic E-state index is 12.5. The van der Waals surface area contributed by atoms with Gasteiger partial charge < -0.3 is 20.3 Å². The van der Waals surface area contributed by atoms with Crippen molar-refractivity contribution in [1.29, 1.82) is 0 Å². The minimum absolute atomic E-state index is 0.0103. The van der Waals surface area contributed by atoms with E-state index in [1.54, 1.807) is 0 Å². The lowest BCUT2D eigenvalue weighted by Gasteiger charge is -2.22. The van der Waals surface area contributed by atoms with Gasteiger partial charge in [0.1, 0.15) is 0 Å². The molecule has 0 saturated heterocycles. The highest BCUT2D eigenvalue weighted by atomic mass is 16.5. The largest absolute Gasteiger partial charge is 0.466 e. The zero-order chi connectivity index (χ0) is 58.5. The van der Waals surface area contributed by atoms with Crippen molar-refractivity contribution in [3.8, 4) is 0 Å². The normalized spacial score (nSPS) is 12.7. The van der Waals surface area contributed by atoms with Crippen molar-refractivity contribution in [3.05, 3.63) is 36.5 Å². The first-order valence-corrected chi connectivity index (χ1v) is 36.7. The maximum Gasteiger partial charge on any atom is 0.305 e. The third kappa shape index (κ3) is 67.1. The van der Waals surface area contributed by atoms with Crippen molar-refractivity contribution in [2.24, 2.45) is 0 Å². The smallest absolute Gasteiger partial charge is 0.305 e. The Labute approximate surface area is 506 Å². The second kappa shape index (κ2) is 70.6. The Morgan fingerprint density at radius 3 is 0.963 bits per heavy atom. The van der Waals surface area contributed by atoms with E-state index in [-0.39, 0.29) is 18.5 Å². The first-order chi connectivity index (χ1) is 40.0. The number of carbonyl (C=O) groups excluding carboxylic acids is 2. The predicted molar refractivity (Wildman–Crippen MR) is 356 cm³/mol. The first-order valence-electron chi connectivity index (χ1n) is 36.7. The fourth-order valence-electron chi connectivity index (χ4n) is 11.6. The number of hydrogen-bond acceptors (Lipinski definition) is 5. The van der Waals surface area contributed by atoms with Crippen molar-refractivity contribution >= 4 is 11.9 Å². The van der Waals surface area contributed by atoms with Gasteiger partial charge in [-0.2, -0.15) is 0 Å². The molecule has 2 atom stereocenters. The van der Waals surface area contributed by atoms with Gasteiger partial charge in [0.15, 0.2) is 0 Å². The van der Waals surface area contributed by atoms with Gasteiger partial charge in [0.25, 0.3) is 0 Å². The molecule has 0 spiro atoms. The molecular weight excluding hydrogens is 995 g/mol. The molecule has 0 heterocycles. The van der Waals surface area contributed by atoms with Crippen LogP contribution in [-0.2, 0) is 14.3 Å². The van der Waals surface area contributed by atoms with Gasteiger partial charge >= 0.3 is 5.97 Å². The highest BCUT2D eigenvalue weighted by Crippen LogP contribution is 2.19. The van der Waals surface area contributed by atoms with Gasteiger partial charge in [-0.15, -0.1) is 0 Å². The summed E-state index contributed by atoms with van der Waals surface area (Å²) in [7, 11) is 0. The number of rotatable bonds is 69. The molecule has 0 aromatic carbocycles. The zero-order valence-electron chi connectivity index (χ0n) is 54.8. The molecule has 81 heavy (non-hydrogen) atoms. The lowest BCUT2D eigenvalue weighted by Crippen LogP contribution is -2.45. The number of aliphatic hydroxyl groups excluding tert-OH is 2. The summed E-state index contributed by atoms with van der Waals surface area (Å²) in [6.45, 7) is 4.97. The average molecular weight is 1140 g/mol. The van der Waals surface area contributed by atoms with Crippen molar-refractivity contribution in [2.75, 3.05) is 13.2 Å². The van der Waals surface area contributed by atoms with E-state index >= 15 is 0 Å². The van der Waals surface area contributed by atoms with Crippen LogP contribution in [0.15, 0.2) is 36.5 Å². The second-order valence-electron chi connectivity index (χ2n) is 25.3. The fourth-order valence-corrected chi connectivity index (χ4v) is 11.6. The van der Waals surface area contributed by atoms with Crippen LogP contribution >= 0.6 is 0 Å². The van der Waals surface area contributed by atoms with E-state index in [2.05, 4.69) is 55.6 Å². The fraction of sp³-hybridized carbons (Fsp3) is 0.893. The van der Waals surface area contributed by atoms with Gasteiger partial charge in [-0.3, -0.25) is 9.59 Å². The Balaban J connectivity index is 3.36. The minimum Gasteiger partial charge on any atom is -0.466 e. The predicted octanol–water partition coefficient (Wildman–Crippen LogP) is 23.9. The Morgan fingerprint density at radius 2 is 0.617 bits per heavy atom. The van der Waals surface area contributed by atoms with E-state index in [1.807, 2.05) is 0 Å². The van der Waals surface area contributed by atoms with E-state index in [0.717, 1.165) is 51.4 Å². The SMILES string of the molecule is CCCCCC/C=C\C/C=C\CCCCCCCCCC(=O)OCCCCCCCCCCCCCC/C=C\CCCCCCCCCCCCCCCCC(=O)NC(CO)C(O)CCCCCCCCCCCCCCCCCC. The summed E-state index contributed by atoms with van der Waals surface area (Å²) in [5.74, 6) is -0.0201. The molecule has 0 saturated carbocycles. The molecule has 6 nitrogen and oxygen atoms in total. The molecule has 478 valence electrons. The van der Waals surface area contributed by atoms with Crippen LogP contribution in [-0.4, -0.2) is 47.4 Å². The maximum absolute atomic E-state index is 12.5. The molecule has 0 aromatic heterocycles. The lowest BCUT2D eigenvalue weighted by atomic mass is 10.0. The van der Waals surface area contributed by atoms with Crippen molar-refractivity contribution in [3.63, 3.8) is 0 Å². The molecule has 1 amide bonds. The average Bonchev–Trinajstić information content (AvgIpc) is 3.47. The zero-order valence-corrected chi connectivity index (χ0v) is 54.8. The van der Waals surface area contributed by atoms with Gasteiger partial charge in [0.05, 0.1) is 25.4 Å². The summed E-state index contributed by atoms with van der Waals surface area (Å²) in [5, 5.41) is 23.4. The monoisotopic (exact) mass is 1140 g/mol. The van der Waals surface area contributed by atoms with Crippen LogP contribution in [0.3, 0.4) is 0 Å². The highest BCUT2D eigenvalue weighted by Gasteiger charge is 2.20. The van der Waals surface area contributed by atoms with Gasteiger partial charge in [0, 0.05) is 12.8 Å².